The van der Waals surface area contributed by atoms with E-state index in [-0.39, 0.29) is 6.04 Å². The normalized spacial score (nSPS) is 19.1. The third-order valence-corrected chi connectivity index (χ3v) is 3.54. The fourth-order valence-electron chi connectivity index (χ4n) is 2.15. The van der Waals surface area contributed by atoms with Crippen molar-refractivity contribution in [3.63, 3.8) is 0 Å². The van der Waals surface area contributed by atoms with Crippen LogP contribution in [0.1, 0.15) is 17.9 Å². The zero-order valence-corrected chi connectivity index (χ0v) is 10.9. The van der Waals surface area contributed by atoms with Gasteiger partial charge in [0.25, 0.3) is 0 Å². The second-order valence-corrected chi connectivity index (χ2v) is 5.32. The molecule has 0 radical (unpaired) electrons. The maximum atomic E-state index is 5.93. The van der Waals surface area contributed by atoms with Gasteiger partial charge in [-0.1, -0.05) is 22.0 Å². The summed E-state index contributed by atoms with van der Waals surface area (Å²) in [6.45, 7) is 0. The molecule has 1 heterocycles. The lowest BCUT2D eigenvalue weighted by molar-refractivity contribution is 0.463. The molecule has 0 fully saturated rings. The van der Waals surface area contributed by atoms with E-state index in [4.69, 9.17) is 10.2 Å². The SMILES string of the molecule is NC1CCc2oc(-c3cccc(Br)c3)nc2C1. The van der Waals surface area contributed by atoms with Crippen LogP contribution in [-0.2, 0) is 12.8 Å². The monoisotopic (exact) mass is 292 g/mol. The van der Waals surface area contributed by atoms with E-state index >= 15 is 0 Å². The van der Waals surface area contributed by atoms with E-state index in [1.54, 1.807) is 0 Å². The minimum Gasteiger partial charge on any atom is -0.441 e. The zero-order chi connectivity index (χ0) is 11.8. The van der Waals surface area contributed by atoms with Gasteiger partial charge in [-0.25, -0.2) is 4.98 Å². The molecule has 1 atom stereocenters. The van der Waals surface area contributed by atoms with Gasteiger partial charge in [0.05, 0.1) is 5.69 Å². The van der Waals surface area contributed by atoms with Crippen molar-refractivity contribution < 1.29 is 4.42 Å². The van der Waals surface area contributed by atoms with Gasteiger partial charge in [0, 0.05) is 28.9 Å². The van der Waals surface area contributed by atoms with Crippen molar-refractivity contribution >= 4 is 15.9 Å². The molecule has 17 heavy (non-hydrogen) atoms. The maximum absolute atomic E-state index is 5.93. The van der Waals surface area contributed by atoms with Gasteiger partial charge in [0.1, 0.15) is 5.76 Å². The van der Waals surface area contributed by atoms with Crippen molar-refractivity contribution in [2.75, 3.05) is 0 Å². The molecule has 0 aliphatic heterocycles. The van der Waals surface area contributed by atoms with E-state index in [1.165, 1.54) is 0 Å². The first-order valence-electron chi connectivity index (χ1n) is 5.72. The predicted molar refractivity (Wildman–Crippen MR) is 69.6 cm³/mol. The standard InChI is InChI=1S/C13H13BrN2O/c14-9-3-1-2-8(6-9)13-16-11-7-10(15)4-5-12(11)17-13/h1-3,6,10H,4-5,7,15H2. The van der Waals surface area contributed by atoms with Crippen LogP contribution in [0, 0.1) is 0 Å². The summed E-state index contributed by atoms with van der Waals surface area (Å²) in [6, 6.07) is 8.21. The average molecular weight is 293 g/mol. The molecule has 1 aliphatic carbocycles. The molecule has 1 aliphatic rings. The van der Waals surface area contributed by atoms with Gasteiger partial charge in [-0.2, -0.15) is 0 Å². The summed E-state index contributed by atoms with van der Waals surface area (Å²) in [6.07, 6.45) is 2.71. The molecule has 1 aromatic carbocycles. The highest BCUT2D eigenvalue weighted by Gasteiger charge is 2.22. The van der Waals surface area contributed by atoms with Gasteiger partial charge in [0.2, 0.25) is 5.89 Å². The number of aromatic nitrogens is 1. The molecular formula is C13H13BrN2O. The van der Waals surface area contributed by atoms with Gasteiger partial charge in [-0.15, -0.1) is 0 Å². The first-order valence-corrected chi connectivity index (χ1v) is 6.52. The maximum Gasteiger partial charge on any atom is 0.226 e. The lowest BCUT2D eigenvalue weighted by Gasteiger charge is -2.14. The summed E-state index contributed by atoms with van der Waals surface area (Å²) in [7, 11) is 0. The van der Waals surface area contributed by atoms with Gasteiger partial charge < -0.3 is 10.2 Å². The molecule has 0 amide bonds. The highest BCUT2D eigenvalue weighted by Crippen LogP contribution is 2.28. The second-order valence-electron chi connectivity index (χ2n) is 4.40. The minimum atomic E-state index is 0.225. The summed E-state index contributed by atoms with van der Waals surface area (Å²) < 4.78 is 6.84. The number of halogens is 1. The highest BCUT2D eigenvalue weighted by atomic mass is 79.9. The van der Waals surface area contributed by atoms with Gasteiger partial charge >= 0.3 is 0 Å². The molecule has 3 rings (SSSR count). The van der Waals surface area contributed by atoms with Crippen LogP contribution in [0.5, 0.6) is 0 Å². The summed E-state index contributed by atoms with van der Waals surface area (Å²) >= 11 is 3.45. The molecule has 2 N–H and O–H groups in total. The van der Waals surface area contributed by atoms with E-state index in [0.29, 0.717) is 5.89 Å². The van der Waals surface area contributed by atoms with Crippen LogP contribution in [0.15, 0.2) is 33.2 Å². The number of rotatable bonds is 1. The number of nitrogens with zero attached hydrogens (tertiary/aromatic N) is 1. The van der Waals surface area contributed by atoms with Crippen molar-refractivity contribution in [1.82, 2.24) is 4.98 Å². The number of benzene rings is 1. The largest absolute Gasteiger partial charge is 0.441 e. The predicted octanol–water partition coefficient (Wildman–Crippen LogP) is 2.92. The van der Waals surface area contributed by atoms with E-state index in [2.05, 4.69) is 20.9 Å². The quantitative estimate of drug-likeness (QED) is 0.879. The van der Waals surface area contributed by atoms with Crippen LogP contribution in [0.25, 0.3) is 11.5 Å². The Morgan fingerprint density at radius 3 is 3.12 bits per heavy atom. The fraction of sp³-hybridized carbons (Fsp3) is 0.308. The Labute approximate surface area is 108 Å². The number of oxazole rings is 1. The second kappa shape index (κ2) is 4.27. The molecule has 0 saturated carbocycles. The number of nitrogens with two attached hydrogens (primary N) is 1. The molecule has 1 unspecified atom stereocenters. The van der Waals surface area contributed by atoms with Crippen molar-refractivity contribution in [2.45, 2.75) is 25.3 Å². The smallest absolute Gasteiger partial charge is 0.226 e. The van der Waals surface area contributed by atoms with Crippen molar-refractivity contribution in [3.8, 4) is 11.5 Å². The van der Waals surface area contributed by atoms with E-state index in [0.717, 1.165) is 40.8 Å². The summed E-state index contributed by atoms with van der Waals surface area (Å²) in [5.41, 5.74) is 7.96. The van der Waals surface area contributed by atoms with Gasteiger partial charge in [-0.05, 0) is 24.6 Å². The lowest BCUT2D eigenvalue weighted by Crippen LogP contribution is -2.27. The fourth-order valence-corrected chi connectivity index (χ4v) is 2.55. The molecule has 2 aromatic rings. The van der Waals surface area contributed by atoms with E-state index in [9.17, 15) is 0 Å². The van der Waals surface area contributed by atoms with Crippen molar-refractivity contribution in [2.24, 2.45) is 5.73 Å². The van der Waals surface area contributed by atoms with Crippen molar-refractivity contribution in [3.05, 3.63) is 40.2 Å². The third-order valence-electron chi connectivity index (χ3n) is 3.05. The molecule has 0 spiro atoms. The third kappa shape index (κ3) is 2.15. The van der Waals surface area contributed by atoms with Crippen LogP contribution < -0.4 is 5.73 Å². The number of hydrogen-bond acceptors (Lipinski definition) is 3. The summed E-state index contributed by atoms with van der Waals surface area (Å²) in [5.74, 6) is 1.70. The number of aryl methyl sites for hydroxylation is 1. The first kappa shape index (κ1) is 11.0. The minimum absolute atomic E-state index is 0.225. The summed E-state index contributed by atoms with van der Waals surface area (Å²) in [4.78, 5) is 4.55. The van der Waals surface area contributed by atoms with Crippen molar-refractivity contribution in [1.29, 1.82) is 0 Å². The Kier molecular flexibility index (Phi) is 2.76. The van der Waals surface area contributed by atoms with Crippen LogP contribution >= 0.6 is 15.9 Å². The van der Waals surface area contributed by atoms with Gasteiger partial charge in [-0.3, -0.25) is 0 Å². The zero-order valence-electron chi connectivity index (χ0n) is 9.32. The Hall–Kier alpha value is -1.13. The molecular weight excluding hydrogens is 280 g/mol. The molecule has 88 valence electrons. The summed E-state index contributed by atoms with van der Waals surface area (Å²) in [5, 5.41) is 0. The Morgan fingerprint density at radius 1 is 1.41 bits per heavy atom. The topological polar surface area (TPSA) is 52.0 Å². The number of fused-ring (bicyclic) bond motifs is 1. The number of hydrogen-bond donors (Lipinski definition) is 1. The van der Waals surface area contributed by atoms with E-state index < -0.39 is 0 Å². The average Bonchev–Trinajstić information content (AvgIpc) is 2.72. The Bertz CT molecular complexity index is 550. The molecule has 1 aromatic heterocycles. The van der Waals surface area contributed by atoms with Crippen LogP contribution in [0.3, 0.4) is 0 Å². The van der Waals surface area contributed by atoms with Crippen LogP contribution in [-0.4, -0.2) is 11.0 Å². The van der Waals surface area contributed by atoms with Gasteiger partial charge in [0.15, 0.2) is 0 Å². The lowest BCUT2D eigenvalue weighted by atomic mass is 9.98. The first-order chi connectivity index (χ1) is 8.22. The Morgan fingerprint density at radius 2 is 2.29 bits per heavy atom. The van der Waals surface area contributed by atoms with Crippen LogP contribution in [0.4, 0.5) is 0 Å². The molecule has 3 nitrogen and oxygen atoms in total. The molecule has 0 bridgehead atoms. The molecule has 4 heteroatoms. The molecule has 0 saturated heterocycles. The van der Waals surface area contributed by atoms with Crippen LogP contribution in [0.2, 0.25) is 0 Å². The highest BCUT2D eigenvalue weighted by molar-refractivity contribution is 9.10. The van der Waals surface area contributed by atoms with E-state index in [1.807, 2.05) is 24.3 Å². The Balaban J connectivity index is 2.00.